The number of carbonyl (C=O) groups excluding carboxylic acids is 1. The Morgan fingerprint density at radius 1 is 1.33 bits per heavy atom. The molecule has 1 aromatic rings. The van der Waals surface area contributed by atoms with Crippen molar-refractivity contribution in [2.24, 2.45) is 0 Å². The molecule has 3 nitrogen and oxygen atoms in total. The van der Waals surface area contributed by atoms with Crippen LogP contribution in [0.5, 0.6) is 5.75 Å². The lowest BCUT2D eigenvalue weighted by Crippen LogP contribution is -2.27. The zero-order valence-electron chi connectivity index (χ0n) is 9.46. The second-order valence-electron chi connectivity index (χ2n) is 4.16. The van der Waals surface area contributed by atoms with Gasteiger partial charge in [-0.05, 0) is 24.5 Å². The predicted octanol–water partition coefficient (Wildman–Crippen LogP) is 2.41. The number of rotatable bonds is 3. The van der Waals surface area contributed by atoms with E-state index in [9.17, 15) is 18.0 Å². The highest BCUT2D eigenvalue weighted by Crippen LogP contribution is 2.28. The van der Waals surface area contributed by atoms with Crippen LogP contribution < -0.4 is 10.1 Å². The fourth-order valence-electron chi connectivity index (χ4n) is 1.99. The van der Waals surface area contributed by atoms with Gasteiger partial charge >= 0.3 is 6.36 Å². The molecule has 0 saturated carbocycles. The van der Waals surface area contributed by atoms with Crippen molar-refractivity contribution in [3.8, 4) is 5.75 Å². The molecular weight excluding hydrogens is 247 g/mol. The number of carbonyl (C=O) groups is 1. The van der Waals surface area contributed by atoms with E-state index in [0.717, 1.165) is 0 Å². The summed E-state index contributed by atoms with van der Waals surface area (Å²) < 4.78 is 40.6. The average Bonchev–Trinajstić information content (AvgIpc) is 2.65. The summed E-state index contributed by atoms with van der Waals surface area (Å²) in [6.45, 7) is 0. The Bertz CT molecular complexity index is 445. The SMILES string of the molecule is O=C1CCC(Cc2ccccc2OC(F)(F)F)N1. The minimum absolute atomic E-state index is 0.0609. The second-order valence-corrected chi connectivity index (χ2v) is 4.16. The number of para-hydroxylation sites is 1. The van der Waals surface area contributed by atoms with Crippen LogP contribution in [-0.4, -0.2) is 18.3 Å². The summed E-state index contributed by atoms with van der Waals surface area (Å²) in [7, 11) is 0. The summed E-state index contributed by atoms with van der Waals surface area (Å²) in [4.78, 5) is 11.0. The summed E-state index contributed by atoms with van der Waals surface area (Å²) in [5, 5.41) is 2.72. The van der Waals surface area contributed by atoms with Gasteiger partial charge in [0.15, 0.2) is 0 Å². The summed E-state index contributed by atoms with van der Waals surface area (Å²) in [6, 6.07) is 5.87. The zero-order valence-corrected chi connectivity index (χ0v) is 9.46. The molecule has 18 heavy (non-hydrogen) atoms. The van der Waals surface area contributed by atoms with Gasteiger partial charge in [-0.1, -0.05) is 18.2 Å². The maximum atomic E-state index is 12.2. The smallest absolute Gasteiger partial charge is 0.406 e. The number of hydrogen-bond donors (Lipinski definition) is 1. The number of nitrogens with one attached hydrogen (secondary N) is 1. The topological polar surface area (TPSA) is 38.3 Å². The van der Waals surface area contributed by atoms with E-state index in [-0.39, 0.29) is 17.7 Å². The Kier molecular flexibility index (Phi) is 3.45. The van der Waals surface area contributed by atoms with Crippen molar-refractivity contribution in [1.29, 1.82) is 0 Å². The molecule has 0 aliphatic carbocycles. The molecule has 6 heteroatoms. The Labute approximate surface area is 102 Å². The summed E-state index contributed by atoms with van der Waals surface area (Å²) in [5.41, 5.74) is 0.446. The van der Waals surface area contributed by atoms with Crippen LogP contribution in [0.4, 0.5) is 13.2 Å². The predicted molar refractivity (Wildman–Crippen MR) is 58.0 cm³/mol. The lowest BCUT2D eigenvalue weighted by atomic mass is 10.0. The molecule has 0 radical (unpaired) electrons. The summed E-state index contributed by atoms with van der Waals surface area (Å²) >= 11 is 0. The van der Waals surface area contributed by atoms with Crippen molar-refractivity contribution in [1.82, 2.24) is 5.32 Å². The van der Waals surface area contributed by atoms with E-state index >= 15 is 0 Å². The molecule has 1 saturated heterocycles. The van der Waals surface area contributed by atoms with Crippen molar-refractivity contribution in [3.63, 3.8) is 0 Å². The molecule has 1 heterocycles. The molecule has 1 amide bonds. The third-order valence-corrected chi connectivity index (χ3v) is 2.75. The quantitative estimate of drug-likeness (QED) is 0.905. The van der Waals surface area contributed by atoms with E-state index in [1.165, 1.54) is 12.1 Å². The first-order valence-corrected chi connectivity index (χ1v) is 5.57. The van der Waals surface area contributed by atoms with Crippen molar-refractivity contribution in [2.75, 3.05) is 0 Å². The highest BCUT2D eigenvalue weighted by Gasteiger charge is 2.32. The van der Waals surface area contributed by atoms with Crippen molar-refractivity contribution < 1.29 is 22.7 Å². The van der Waals surface area contributed by atoms with Crippen LogP contribution in [0.2, 0.25) is 0 Å². The standard InChI is InChI=1S/C12H12F3NO2/c13-12(14,15)18-10-4-2-1-3-8(10)7-9-5-6-11(17)16-9/h1-4,9H,5-7H2,(H,16,17). The van der Waals surface area contributed by atoms with Gasteiger partial charge in [-0.3, -0.25) is 4.79 Å². The summed E-state index contributed by atoms with van der Waals surface area (Å²) in [5.74, 6) is -0.264. The molecule has 0 spiro atoms. The molecule has 0 aromatic heterocycles. The number of ether oxygens (including phenoxy) is 1. The number of alkyl halides is 3. The average molecular weight is 259 g/mol. The van der Waals surface area contributed by atoms with Crippen LogP contribution in [0.3, 0.4) is 0 Å². The largest absolute Gasteiger partial charge is 0.573 e. The molecule has 1 aliphatic rings. The normalized spacial score (nSPS) is 19.7. The molecule has 98 valence electrons. The number of benzene rings is 1. The lowest BCUT2D eigenvalue weighted by Gasteiger charge is -2.15. The van der Waals surface area contributed by atoms with Gasteiger partial charge < -0.3 is 10.1 Å². The maximum Gasteiger partial charge on any atom is 0.573 e. The zero-order chi connectivity index (χ0) is 13.2. The Morgan fingerprint density at radius 3 is 2.67 bits per heavy atom. The Hall–Kier alpha value is -1.72. The highest BCUT2D eigenvalue weighted by atomic mass is 19.4. The van der Waals surface area contributed by atoms with Crippen LogP contribution in [-0.2, 0) is 11.2 Å². The van der Waals surface area contributed by atoms with Gasteiger partial charge in [0, 0.05) is 12.5 Å². The summed E-state index contributed by atoms with van der Waals surface area (Å²) in [6.07, 6.45) is -3.29. The van der Waals surface area contributed by atoms with Crippen molar-refractivity contribution >= 4 is 5.91 Å². The van der Waals surface area contributed by atoms with E-state index in [4.69, 9.17) is 0 Å². The minimum atomic E-state index is -4.70. The van der Waals surface area contributed by atoms with Gasteiger partial charge in [-0.2, -0.15) is 0 Å². The monoisotopic (exact) mass is 259 g/mol. The molecule has 0 bridgehead atoms. The first-order chi connectivity index (χ1) is 8.44. The second kappa shape index (κ2) is 4.88. The van der Waals surface area contributed by atoms with Crippen molar-refractivity contribution in [2.45, 2.75) is 31.7 Å². The van der Waals surface area contributed by atoms with Crippen LogP contribution in [0.1, 0.15) is 18.4 Å². The number of hydrogen-bond acceptors (Lipinski definition) is 2. The van der Waals surface area contributed by atoms with E-state index in [1.54, 1.807) is 12.1 Å². The highest BCUT2D eigenvalue weighted by molar-refractivity contribution is 5.78. The molecule has 1 atom stereocenters. The third kappa shape index (κ3) is 3.38. The fourth-order valence-corrected chi connectivity index (χ4v) is 1.99. The van der Waals surface area contributed by atoms with Crippen LogP contribution in [0, 0.1) is 0 Å². The van der Waals surface area contributed by atoms with E-state index in [1.807, 2.05) is 0 Å². The van der Waals surface area contributed by atoms with E-state index in [0.29, 0.717) is 24.8 Å². The Balaban J connectivity index is 2.10. The van der Waals surface area contributed by atoms with E-state index in [2.05, 4.69) is 10.1 Å². The molecule has 1 fully saturated rings. The lowest BCUT2D eigenvalue weighted by molar-refractivity contribution is -0.274. The molecule has 1 unspecified atom stereocenters. The molecule has 2 rings (SSSR count). The third-order valence-electron chi connectivity index (χ3n) is 2.75. The van der Waals surface area contributed by atoms with Crippen LogP contribution in [0.25, 0.3) is 0 Å². The van der Waals surface area contributed by atoms with Gasteiger partial charge in [-0.15, -0.1) is 13.2 Å². The number of amides is 1. The van der Waals surface area contributed by atoms with Gasteiger partial charge in [0.25, 0.3) is 0 Å². The van der Waals surface area contributed by atoms with Crippen LogP contribution >= 0.6 is 0 Å². The van der Waals surface area contributed by atoms with Gasteiger partial charge in [0.05, 0.1) is 0 Å². The minimum Gasteiger partial charge on any atom is -0.406 e. The van der Waals surface area contributed by atoms with Gasteiger partial charge in [0.1, 0.15) is 5.75 Å². The van der Waals surface area contributed by atoms with Gasteiger partial charge in [-0.25, -0.2) is 0 Å². The molecule has 1 aromatic carbocycles. The maximum absolute atomic E-state index is 12.2. The first-order valence-electron chi connectivity index (χ1n) is 5.57. The molecule has 1 N–H and O–H groups in total. The van der Waals surface area contributed by atoms with E-state index < -0.39 is 6.36 Å². The Morgan fingerprint density at radius 2 is 2.06 bits per heavy atom. The fraction of sp³-hybridized carbons (Fsp3) is 0.417. The van der Waals surface area contributed by atoms with Crippen LogP contribution in [0.15, 0.2) is 24.3 Å². The van der Waals surface area contributed by atoms with Gasteiger partial charge in [0.2, 0.25) is 5.91 Å². The first kappa shape index (κ1) is 12.7. The van der Waals surface area contributed by atoms with Crippen molar-refractivity contribution in [3.05, 3.63) is 29.8 Å². The molecular formula is C12H12F3NO2. The molecule has 1 aliphatic heterocycles. The number of halogens is 3.